The predicted octanol–water partition coefficient (Wildman–Crippen LogP) is 3.35. The van der Waals surface area contributed by atoms with E-state index in [1.807, 2.05) is 35.0 Å². The first-order valence-corrected chi connectivity index (χ1v) is 10.5. The van der Waals surface area contributed by atoms with E-state index in [1.165, 1.54) is 0 Å². The topological polar surface area (TPSA) is 104 Å². The lowest BCUT2D eigenvalue weighted by Crippen LogP contribution is -2.33. The Balaban J connectivity index is 1.56. The van der Waals surface area contributed by atoms with E-state index in [0.717, 1.165) is 22.4 Å². The van der Waals surface area contributed by atoms with E-state index in [4.69, 9.17) is 15.2 Å². The summed E-state index contributed by atoms with van der Waals surface area (Å²) in [6, 6.07) is 7.52. The molecule has 0 unspecified atom stereocenters. The highest BCUT2D eigenvalue weighted by Crippen LogP contribution is 2.45. The van der Waals surface area contributed by atoms with Gasteiger partial charge in [0.05, 0.1) is 14.2 Å². The molecule has 9 heteroatoms. The van der Waals surface area contributed by atoms with Crippen LogP contribution in [0.1, 0.15) is 35.9 Å². The summed E-state index contributed by atoms with van der Waals surface area (Å²) in [5.41, 5.74) is 9.53. The number of nitrogen functional groups attached to an aromatic ring is 1. The molecule has 2 aliphatic rings. The molecule has 1 aliphatic heterocycles. The average Bonchev–Trinajstić information content (AvgIpc) is 3.40. The maximum atomic E-state index is 13.4. The van der Waals surface area contributed by atoms with E-state index >= 15 is 0 Å². The number of carbonyl (C=O) groups is 1. The maximum absolute atomic E-state index is 13.4. The average molecular weight is 423 g/mol. The molecule has 2 atom stereocenters. The van der Waals surface area contributed by atoms with Gasteiger partial charge in [-0.1, -0.05) is 6.07 Å². The van der Waals surface area contributed by atoms with Gasteiger partial charge in [0.15, 0.2) is 17.3 Å². The molecule has 0 saturated heterocycles. The zero-order valence-corrected chi connectivity index (χ0v) is 17.4. The van der Waals surface area contributed by atoms with Gasteiger partial charge in [-0.15, -0.1) is 5.10 Å². The van der Waals surface area contributed by atoms with Crippen LogP contribution in [-0.2, 0) is 4.79 Å². The Morgan fingerprint density at radius 1 is 1.17 bits per heavy atom. The van der Waals surface area contributed by atoms with E-state index in [2.05, 4.69) is 15.4 Å². The first kappa shape index (κ1) is 18.7. The van der Waals surface area contributed by atoms with Gasteiger partial charge in [-0.3, -0.25) is 4.79 Å². The van der Waals surface area contributed by atoms with Crippen LogP contribution in [0.15, 0.2) is 46.3 Å². The molecule has 3 N–H and O–H groups in total. The monoisotopic (exact) mass is 423 g/mol. The van der Waals surface area contributed by atoms with Gasteiger partial charge in [0.1, 0.15) is 6.04 Å². The lowest BCUT2D eigenvalue weighted by atomic mass is 9.78. The quantitative estimate of drug-likeness (QED) is 0.663. The van der Waals surface area contributed by atoms with Crippen molar-refractivity contribution in [2.45, 2.75) is 24.8 Å². The minimum Gasteiger partial charge on any atom is -0.493 e. The van der Waals surface area contributed by atoms with Crippen molar-refractivity contribution in [2.24, 2.45) is 0 Å². The number of ketones is 1. The summed E-state index contributed by atoms with van der Waals surface area (Å²) in [5.74, 6) is 2.19. The second-order valence-corrected chi connectivity index (χ2v) is 8.14. The molecule has 2 aromatic heterocycles. The summed E-state index contributed by atoms with van der Waals surface area (Å²) in [6.45, 7) is 0. The number of rotatable bonds is 4. The molecule has 3 aromatic rings. The molecule has 0 spiro atoms. The van der Waals surface area contributed by atoms with Gasteiger partial charge in [0.2, 0.25) is 11.9 Å². The number of ether oxygens (including phenoxy) is 2. The van der Waals surface area contributed by atoms with Crippen molar-refractivity contribution < 1.29 is 14.3 Å². The fourth-order valence-corrected chi connectivity index (χ4v) is 4.99. The Bertz CT molecular complexity index is 1150. The standard InChI is InChI=1S/C21H21N5O3S/c1-28-16-4-3-11(9-17(16)29-2)13-7-14-18(15(27)8-13)19(12-5-6-30-10-12)26-21(23-14)24-20(22)25-26/h3-6,9-10,13,19H,7-8H2,1-2H3,(H3,22,23,24,25)/t13-,19-/m1/s1. The van der Waals surface area contributed by atoms with Crippen molar-refractivity contribution in [1.29, 1.82) is 0 Å². The molecule has 3 heterocycles. The summed E-state index contributed by atoms with van der Waals surface area (Å²) >= 11 is 1.59. The normalized spacial score (nSPS) is 20.4. The lowest BCUT2D eigenvalue weighted by molar-refractivity contribution is -0.116. The zero-order chi connectivity index (χ0) is 20.8. The highest BCUT2D eigenvalue weighted by Gasteiger charge is 2.39. The zero-order valence-electron chi connectivity index (χ0n) is 16.6. The third-order valence-corrected chi connectivity index (χ3v) is 6.38. The SMILES string of the molecule is COc1ccc([C@H]2CC(=O)C3=C(C2)Nc2nc(N)nn2[C@@H]3c2ccsc2)cc1OC. The molecule has 1 aliphatic carbocycles. The Hall–Kier alpha value is -3.33. The van der Waals surface area contributed by atoms with Crippen LogP contribution in [-0.4, -0.2) is 34.8 Å². The number of hydrogen-bond acceptors (Lipinski definition) is 8. The number of aromatic nitrogens is 3. The lowest BCUT2D eigenvalue weighted by Gasteiger charge is -2.34. The number of nitrogens with two attached hydrogens (primary N) is 1. The Morgan fingerprint density at radius 3 is 2.73 bits per heavy atom. The van der Waals surface area contributed by atoms with Crippen molar-refractivity contribution in [1.82, 2.24) is 14.8 Å². The Kier molecular flexibility index (Phi) is 4.47. The van der Waals surface area contributed by atoms with Crippen molar-refractivity contribution in [3.8, 4) is 11.5 Å². The van der Waals surface area contributed by atoms with Crippen molar-refractivity contribution >= 4 is 29.0 Å². The van der Waals surface area contributed by atoms with E-state index in [9.17, 15) is 4.79 Å². The van der Waals surface area contributed by atoms with Crippen molar-refractivity contribution in [3.63, 3.8) is 0 Å². The molecule has 0 radical (unpaired) electrons. The number of hydrogen-bond donors (Lipinski definition) is 2. The number of benzene rings is 1. The van der Waals surface area contributed by atoms with Crippen LogP contribution in [0.3, 0.4) is 0 Å². The fourth-order valence-electron chi connectivity index (χ4n) is 4.31. The molecule has 8 nitrogen and oxygen atoms in total. The van der Waals surface area contributed by atoms with Crippen LogP contribution in [0, 0.1) is 0 Å². The van der Waals surface area contributed by atoms with Gasteiger partial charge in [-0.05, 0) is 52.4 Å². The third kappa shape index (κ3) is 2.93. The molecular weight excluding hydrogens is 402 g/mol. The minimum atomic E-state index is -0.314. The van der Waals surface area contributed by atoms with Gasteiger partial charge in [0, 0.05) is 17.7 Å². The van der Waals surface area contributed by atoms with Gasteiger partial charge >= 0.3 is 0 Å². The molecule has 30 heavy (non-hydrogen) atoms. The van der Waals surface area contributed by atoms with E-state index in [1.54, 1.807) is 30.2 Å². The number of carbonyl (C=O) groups excluding carboxylic acids is 1. The van der Waals surface area contributed by atoms with Crippen molar-refractivity contribution in [2.75, 3.05) is 25.3 Å². The van der Waals surface area contributed by atoms with Gasteiger partial charge < -0.3 is 20.5 Å². The number of allylic oxidation sites excluding steroid dienone is 2. The number of nitrogens with one attached hydrogen (secondary N) is 1. The number of nitrogens with zero attached hydrogens (tertiary/aromatic N) is 3. The van der Waals surface area contributed by atoms with Gasteiger partial charge in [0.25, 0.3) is 0 Å². The summed E-state index contributed by atoms with van der Waals surface area (Å²) in [5, 5.41) is 11.7. The van der Waals surface area contributed by atoms with E-state index in [-0.39, 0.29) is 23.7 Å². The molecule has 1 aromatic carbocycles. The van der Waals surface area contributed by atoms with Crippen molar-refractivity contribution in [3.05, 3.63) is 57.4 Å². The van der Waals surface area contributed by atoms with Crippen LogP contribution in [0.4, 0.5) is 11.9 Å². The van der Waals surface area contributed by atoms with Crippen LogP contribution < -0.4 is 20.5 Å². The largest absolute Gasteiger partial charge is 0.493 e. The molecule has 5 rings (SSSR count). The summed E-state index contributed by atoms with van der Waals surface area (Å²) in [4.78, 5) is 17.7. The van der Waals surface area contributed by atoms with E-state index < -0.39 is 0 Å². The second-order valence-electron chi connectivity index (χ2n) is 7.36. The minimum absolute atomic E-state index is 0.0264. The highest BCUT2D eigenvalue weighted by molar-refractivity contribution is 7.08. The number of Topliss-reactive ketones (excluding diaryl/α,β-unsaturated/α-hetero) is 1. The second kappa shape index (κ2) is 7.17. The number of thiophene rings is 1. The number of anilines is 2. The number of methoxy groups -OCH3 is 2. The first-order chi connectivity index (χ1) is 14.6. The van der Waals surface area contributed by atoms with Crippen LogP contribution in [0.2, 0.25) is 0 Å². The Labute approximate surface area is 177 Å². The summed E-state index contributed by atoms with van der Waals surface area (Å²) in [6.07, 6.45) is 1.10. The smallest absolute Gasteiger partial charge is 0.241 e. The molecule has 154 valence electrons. The summed E-state index contributed by atoms with van der Waals surface area (Å²) < 4.78 is 12.5. The van der Waals surface area contributed by atoms with E-state index in [0.29, 0.717) is 30.3 Å². The Morgan fingerprint density at radius 2 is 2.00 bits per heavy atom. The molecule has 0 amide bonds. The van der Waals surface area contributed by atoms with Gasteiger partial charge in [-0.25, -0.2) is 4.68 Å². The van der Waals surface area contributed by atoms with Crippen LogP contribution >= 0.6 is 11.3 Å². The predicted molar refractivity (Wildman–Crippen MR) is 114 cm³/mol. The third-order valence-electron chi connectivity index (χ3n) is 5.67. The molecular formula is C21H21N5O3S. The molecule has 0 fully saturated rings. The highest BCUT2D eigenvalue weighted by atomic mass is 32.1. The van der Waals surface area contributed by atoms with Gasteiger partial charge in [-0.2, -0.15) is 16.3 Å². The summed E-state index contributed by atoms with van der Waals surface area (Å²) in [7, 11) is 3.22. The molecule has 0 saturated carbocycles. The fraction of sp³-hybridized carbons (Fsp3) is 0.286. The molecule has 0 bridgehead atoms. The number of fused-ring (bicyclic) bond motifs is 1. The first-order valence-electron chi connectivity index (χ1n) is 9.58. The van der Waals surface area contributed by atoms with Crippen LogP contribution in [0.25, 0.3) is 0 Å². The maximum Gasteiger partial charge on any atom is 0.241 e. The van der Waals surface area contributed by atoms with Crippen LogP contribution in [0.5, 0.6) is 11.5 Å².